The number of fused-ring (bicyclic) bond motifs is 1. The fourth-order valence-electron chi connectivity index (χ4n) is 3.96. The Kier molecular flexibility index (Phi) is 4.74. The molecule has 0 bridgehead atoms. The maximum Gasteiger partial charge on any atom is 0.251 e. The Bertz CT molecular complexity index is 1180. The molecule has 0 spiro atoms. The lowest BCUT2D eigenvalue weighted by atomic mass is 10.1. The van der Waals surface area contributed by atoms with Crippen LogP contribution in [0.4, 0.5) is 0 Å². The summed E-state index contributed by atoms with van der Waals surface area (Å²) < 4.78 is 7.44. The Hall–Kier alpha value is -3.55. The normalized spacial score (nSPS) is 15.5. The fraction of sp³-hybridized carbons (Fsp3) is 0.318. The molecule has 1 fully saturated rings. The van der Waals surface area contributed by atoms with Crippen LogP contribution in [0.15, 0.2) is 53.1 Å². The minimum atomic E-state index is -0.411. The van der Waals surface area contributed by atoms with Crippen LogP contribution >= 0.6 is 0 Å². The molecule has 1 unspecified atom stereocenters. The van der Waals surface area contributed by atoms with Crippen molar-refractivity contribution in [1.29, 1.82) is 0 Å². The Labute approximate surface area is 173 Å². The summed E-state index contributed by atoms with van der Waals surface area (Å²) >= 11 is 0. The van der Waals surface area contributed by atoms with Crippen LogP contribution in [0.25, 0.3) is 22.4 Å². The van der Waals surface area contributed by atoms with Gasteiger partial charge in [-0.15, -0.1) is 5.10 Å². The average Bonchev–Trinajstić information content (AvgIpc) is 3.53. The molecule has 0 saturated heterocycles. The molecule has 2 aromatic carbocycles. The highest BCUT2D eigenvalue weighted by molar-refractivity contribution is 5.94. The Morgan fingerprint density at radius 2 is 1.97 bits per heavy atom. The molecule has 0 radical (unpaired) electrons. The maximum absolute atomic E-state index is 12.3. The van der Waals surface area contributed by atoms with Gasteiger partial charge in [0, 0.05) is 11.1 Å². The van der Waals surface area contributed by atoms with Gasteiger partial charge in [-0.2, -0.15) is 4.98 Å². The summed E-state index contributed by atoms with van der Waals surface area (Å²) in [5, 5.41) is 15.7. The van der Waals surface area contributed by atoms with Gasteiger partial charge in [-0.3, -0.25) is 4.79 Å². The number of carbonyl (C=O) groups excluding carboxylic acids is 1. The lowest BCUT2D eigenvalue weighted by Crippen LogP contribution is -2.26. The number of amides is 1. The topological polar surface area (TPSA) is 98.7 Å². The molecule has 4 aromatic rings. The average molecular weight is 402 g/mol. The summed E-state index contributed by atoms with van der Waals surface area (Å²) in [5.41, 5.74) is 3.23. The van der Waals surface area contributed by atoms with Crippen molar-refractivity contribution in [1.82, 2.24) is 30.5 Å². The predicted molar refractivity (Wildman–Crippen MR) is 111 cm³/mol. The minimum Gasteiger partial charge on any atom is -0.341 e. The monoisotopic (exact) mass is 402 g/mol. The van der Waals surface area contributed by atoms with Crippen molar-refractivity contribution in [2.45, 2.75) is 44.7 Å². The van der Waals surface area contributed by atoms with E-state index in [1.165, 1.54) is 12.8 Å². The van der Waals surface area contributed by atoms with Gasteiger partial charge in [0.25, 0.3) is 5.91 Å². The molecule has 1 saturated carbocycles. The van der Waals surface area contributed by atoms with Crippen molar-refractivity contribution >= 4 is 16.9 Å². The summed E-state index contributed by atoms with van der Waals surface area (Å²) in [6.45, 7) is 1.81. The second-order valence-corrected chi connectivity index (χ2v) is 7.69. The number of carbonyl (C=O) groups is 1. The van der Waals surface area contributed by atoms with E-state index in [2.05, 4.69) is 25.8 Å². The minimum absolute atomic E-state index is 0.187. The highest BCUT2D eigenvalue weighted by Gasteiger charge is 2.21. The molecule has 0 aliphatic heterocycles. The van der Waals surface area contributed by atoms with Gasteiger partial charge < -0.3 is 9.84 Å². The molecule has 8 nitrogen and oxygen atoms in total. The van der Waals surface area contributed by atoms with E-state index in [4.69, 9.17) is 4.52 Å². The van der Waals surface area contributed by atoms with Crippen LogP contribution in [0.3, 0.4) is 0 Å². The smallest absolute Gasteiger partial charge is 0.251 e. The first-order valence-corrected chi connectivity index (χ1v) is 10.2. The molecule has 2 aromatic heterocycles. The molecule has 2 heterocycles. The van der Waals surface area contributed by atoms with E-state index in [0.717, 1.165) is 29.4 Å². The van der Waals surface area contributed by atoms with E-state index in [0.29, 0.717) is 23.3 Å². The third kappa shape index (κ3) is 3.45. The molecule has 1 atom stereocenters. The first-order valence-electron chi connectivity index (χ1n) is 10.2. The zero-order valence-corrected chi connectivity index (χ0v) is 16.7. The summed E-state index contributed by atoms with van der Waals surface area (Å²) in [4.78, 5) is 16.8. The second-order valence-electron chi connectivity index (χ2n) is 7.69. The summed E-state index contributed by atoms with van der Waals surface area (Å²) in [6.07, 6.45) is 4.80. The van der Waals surface area contributed by atoms with Gasteiger partial charge in [0.2, 0.25) is 11.7 Å². The quantitative estimate of drug-likeness (QED) is 0.540. The molecule has 8 heteroatoms. The second kappa shape index (κ2) is 7.70. The highest BCUT2D eigenvalue weighted by atomic mass is 16.5. The number of benzene rings is 2. The lowest BCUT2D eigenvalue weighted by molar-refractivity contribution is 0.0932. The van der Waals surface area contributed by atoms with Crippen molar-refractivity contribution in [3.05, 3.63) is 60.0 Å². The number of hydrogen-bond donors (Lipinski definition) is 1. The highest BCUT2D eigenvalue weighted by Crippen LogP contribution is 2.32. The number of aromatic nitrogens is 5. The van der Waals surface area contributed by atoms with E-state index in [1.807, 2.05) is 48.0 Å². The summed E-state index contributed by atoms with van der Waals surface area (Å²) in [6, 6.07) is 15.0. The van der Waals surface area contributed by atoms with E-state index >= 15 is 0 Å². The third-order valence-electron chi connectivity index (χ3n) is 5.60. The Balaban J connectivity index is 1.34. The van der Waals surface area contributed by atoms with Gasteiger partial charge in [0.15, 0.2) is 0 Å². The number of nitrogens with zero attached hydrogens (tertiary/aromatic N) is 5. The van der Waals surface area contributed by atoms with Crippen molar-refractivity contribution in [3.63, 3.8) is 0 Å². The zero-order chi connectivity index (χ0) is 20.5. The molecule has 1 N–H and O–H groups in total. The standard InChI is InChI=1S/C22H22N6O2/c1-14(23-21(29)15-7-3-2-4-8-15)22-24-20(26-30-22)16-11-12-19-18(13-16)25-27-28(19)17-9-5-6-10-17/h2-4,7-8,11-14,17H,5-6,9-10H2,1H3,(H,23,29). The van der Waals surface area contributed by atoms with Gasteiger partial charge in [-0.25, -0.2) is 4.68 Å². The van der Waals surface area contributed by atoms with Crippen LogP contribution < -0.4 is 5.32 Å². The van der Waals surface area contributed by atoms with Gasteiger partial charge in [-0.05, 0) is 50.1 Å². The van der Waals surface area contributed by atoms with Crippen LogP contribution in [-0.4, -0.2) is 31.0 Å². The molecule has 1 aliphatic carbocycles. The molecule has 1 aliphatic rings. The van der Waals surface area contributed by atoms with Gasteiger partial charge in [0.1, 0.15) is 11.6 Å². The molecular formula is C22H22N6O2. The van der Waals surface area contributed by atoms with E-state index in [-0.39, 0.29) is 5.91 Å². The van der Waals surface area contributed by atoms with Crippen LogP contribution in [-0.2, 0) is 0 Å². The number of rotatable bonds is 5. The SMILES string of the molecule is CC(NC(=O)c1ccccc1)c1nc(-c2ccc3c(c2)nnn3C2CCCC2)no1. The van der Waals surface area contributed by atoms with Crippen LogP contribution in [0, 0.1) is 0 Å². The van der Waals surface area contributed by atoms with Gasteiger partial charge >= 0.3 is 0 Å². The summed E-state index contributed by atoms with van der Waals surface area (Å²) in [7, 11) is 0. The van der Waals surface area contributed by atoms with Gasteiger partial charge in [-0.1, -0.05) is 41.4 Å². The van der Waals surface area contributed by atoms with Crippen molar-refractivity contribution in [2.75, 3.05) is 0 Å². The molecule has 5 rings (SSSR count). The summed E-state index contributed by atoms with van der Waals surface area (Å²) in [5.74, 6) is 0.625. The number of hydrogen-bond acceptors (Lipinski definition) is 6. The molecule has 152 valence electrons. The third-order valence-corrected chi connectivity index (χ3v) is 5.60. The van der Waals surface area contributed by atoms with Crippen molar-refractivity contribution < 1.29 is 9.32 Å². The van der Waals surface area contributed by atoms with E-state index in [9.17, 15) is 4.79 Å². The Morgan fingerprint density at radius 3 is 2.77 bits per heavy atom. The fourth-order valence-corrected chi connectivity index (χ4v) is 3.96. The van der Waals surface area contributed by atoms with Crippen LogP contribution in [0.1, 0.15) is 60.9 Å². The van der Waals surface area contributed by atoms with Crippen molar-refractivity contribution in [3.8, 4) is 11.4 Å². The van der Waals surface area contributed by atoms with Crippen LogP contribution in [0.2, 0.25) is 0 Å². The van der Waals surface area contributed by atoms with Crippen LogP contribution in [0.5, 0.6) is 0 Å². The maximum atomic E-state index is 12.3. The first-order chi connectivity index (χ1) is 14.7. The van der Waals surface area contributed by atoms with E-state index in [1.54, 1.807) is 12.1 Å². The molecular weight excluding hydrogens is 380 g/mol. The Morgan fingerprint density at radius 1 is 1.17 bits per heavy atom. The number of nitrogens with one attached hydrogen (secondary N) is 1. The predicted octanol–water partition coefficient (Wildman–Crippen LogP) is 4.09. The first kappa shape index (κ1) is 18.5. The van der Waals surface area contributed by atoms with Crippen molar-refractivity contribution in [2.24, 2.45) is 0 Å². The zero-order valence-electron chi connectivity index (χ0n) is 16.7. The van der Waals surface area contributed by atoms with Gasteiger partial charge in [0.05, 0.1) is 11.6 Å². The largest absolute Gasteiger partial charge is 0.341 e. The van der Waals surface area contributed by atoms with E-state index < -0.39 is 6.04 Å². The lowest BCUT2D eigenvalue weighted by Gasteiger charge is -2.09. The molecule has 1 amide bonds. The molecule has 30 heavy (non-hydrogen) atoms.